The number of halogens is 1. The molecule has 0 aliphatic carbocycles. The van der Waals surface area contributed by atoms with E-state index in [1.807, 2.05) is 62.3 Å². The number of nitrogens with zero attached hydrogens (tertiary/aromatic N) is 3. The zero-order valence-corrected chi connectivity index (χ0v) is 16.3. The zero-order valence-electron chi connectivity index (χ0n) is 13.2. The van der Waals surface area contributed by atoms with Gasteiger partial charge in [0, 0.05) is 34.4 Å². The maximum atomic E-state index is 11.2. The van der Waals surface area contributed by atoms with Crippen LogP contribution in [0.5, 0.6) is 0 Å². The first-order valence-electron chi connectivity index (χ1n) is 6.33. The summed E-state index contributed by atoms with van der Waals surface area (Å²) in [4.78, 5) is 8.46. The summed E-state index contributed by atoms with van der Waals surface area (Å²) >= 11 is 0. The van der Waals surface area contributed by atoms with E-state index in [9.17, 15) is 8.42 Å². The van der Waals surface area contributed by atoms with Gasteiger partial charge in [0.2, 0.25) is 0 Å². The fourth-order valence-corrected chi connectivity index (χ4v) is 2.69. The topological polar surface area (TPSA) is 53.0 Å². The first-order valence-corrected chi connectivity index (χ1v) is 8.40. The minimum absolute atomic E-state index is 0. The van der Waals surface area contributed by atoms with Crippen molar-refractivity contribution in [3.05, 3.63) is 35.4 Å². The standard InChI is InChI=1S/C14H23N3O2S.HI/c1-16(2)14(17(3)4)15-10-12-6-8-13(9-7-12)11-20(5,18)19;/h6-9H,10-11H2,1-5H3;1H. The van der Waals surface area contributed by atoms with E-state index >= 15 is 0 Å². The van der Waals surface area contributed by atoms with E-state index in [1.54, 1.807) is 0 Å². The van der Waals surface area contributed by atoms with Gasteiger partial charge >= 0.3 is 0 Å². The van der Waals surface area contributed by atoms with Crippen LogP contribution >= 0.6 is 24.0 Å². The Bertz CT molecular complexity index is 556. The van der Waals surface area contributed by atoms with Crippen molar-refractivity contribution >= 4 is 39.8 Å². The molecule has 0 aliphatic heterocycles. The van der Waals surface area contributed by atoms with Crippen LogP contribution in [0.25, 0.3) is 0 Å². The Labute approximate surface area is 145 Å². The zero-order chi connectivity index (χ0) is 15.3. The molecular formula is C14H24IN3O2S. The molecule has 0 fully saturated rings. The fourth-order valence-electron chi connectivity index (χ4n) is 1.89. The molecule has 0 aliphatic rings. The summed E-state index contributed by atoms with van der Waals surface area (Å²) in [6, 6.07) is 7.54. The first-order chi connectivity index (χ1) is 9.19. The lowest BCUT2D eigenvalue weighted by Crippen LogP contribution is -2.35. The summed E-state index contributed by atoms with van der Waals surface area (Å²) in [5.74, 6) is 0.974. The molecule has 0 amide bonds. The Morgan fingerprint density at radius 3 is 1.81 bits per heavy atom. The molecule has 0 aromatic heterocycles. The number of aliphatic imine (C=N–C) groups is 1. The molecular weight excluding hydrogens is 401 g/mol. The molecule has 0 N–H and O–H groups in total. The van der Waals surface area contributed by atoms with Crippen molar-refractivity contribution < 1.29 is 8.42 Å². The van der Waals surface area contributed by atoms with Crippen LogP contribution in [0.1, 0.15) is 11.1 Å². The minimum Gasteiger partial charge on any atom is -0.349 e. The highest BCUT2D eigenvalue weighted by Gasteiger charge is 2.05. The minimum atomic E-state index is -2.98. The van der Waals surface area contributed by atoms with Gasteiger partial charge in [-0.1, -0.05) is 24.3 Å². The molecule has 0 heterocycles. The highest BCUT2D eigenvalue weighted by atomic mass is 127. The fraction of sp³-hybridized carbons (Fsp3) is 0.500. The van der Waals surface area contributed by atoms with Gasteiger partial charge in [-0.15, -0.1) is 24.0 Å². The Balaban J connectivity index is 0.00000400. The monoisotopic (exact) mass is 425 g/mol. The summed E-state index contributed by atoms with van der Waals surface area (Å²) in [7, 11) is 4.83. The summed E-state index contributed by atoms with van der Waals surface area (Å²) in [5, 5.41) is 0. The third-order valence-electron chi connectivity index (χ3n) is 2.65. The second-order valence-electron chi connectivity index (χ2n) is 5.29. The van der Waals surface area contributed by atoms with Gasteiger partial charge in [-0.05, 0) is 11.1 Å². The van der Waals surface area contributed by atoms with E-state index in [-0.39, 0.29) is 29.7 Å². The summed E-state index contributed by atoms with van der Waals surface area (Å²) in [6.45, 7) is 0.574. The van der Waals surface area contributed by atoms with Crippen LogP contribution in [0.4, 0.5) is 0 Å². The van der Waals surface area contributed by atoms with Crippen LogP contribution in [0.2, 0.25) is 0 Å². The quantitative estimate of drug-likeness (QED) is 0.420. The molecule has 21 heavy (non-hydrogen) atoms. The van der Waals surface area contributed by atoms with Crippen LogP contribution in [0.15, 0.2) is 29.3 Å². The Morgan fingerprint density at radius 1 is 1.00 bits per heavy atom. The van der Waals surface area contributed by atoms with Gasteiger partial charge in [-0.3, -0.25) is 0 Å². The molecule has 0 atom stereocenters. The normalized spacial score (nSPS) is 10.5. The van der Waals surface area contributed by atoms with E-state index < -0.39 is 9.84 Å². The first kappa shape index (κ1) is 20.2. The maximum absolute atomic E-state index is 11.2. The second kappa shape index (κ2) is 8.57. The van der Waals surface area contributed by atoms with E-state index in [4.69, 9.17) is 0 Å². The van der Waals surface area contributed by atoms with Crippen molar-refractivity contribution in [3.63, 3.8) is 0 Å². The molecule has 1 aromatic carbocycles. The number of benzene rings is 1. The number of rotatable bonds is 4. The number of hydrogen-bond acceptors (Lipinski definition) is 3. The van der Waals surface area contributed by atoms with Gasteiger partial charge in [-0.2, -0.15) is 0 Å². The Morgan fingerprint density at radius 2 is 1.43 bits per heavy atom. The van der Waals surface area contributed by atoms with Crippen LogP contribution in [0.3, 0.4) is 0 Å². The lowest BCUT2D eigenvalue weighted by Gasteiger charge is -2.22. The Hall–Kier alpha value is -0.830. The van der Waals surface area contributed by atoms with Crippen molar-refractivity contribution in [1.29, 1.82) is 0 Å². The van der Waals surface area contributed by atoms with E-state index in [1.165, 1.54) is 6.26 Å². The lowest BCUT2D eigenvalue weighted by atomic mass is 10.1. The average Bonchev–Trinajstić information content (AvgIpc) is 2.28. The highest BCUT2D eigenvalue weighted by molar-refractivity contribution is 14.0. The summed E-state index contributed by atoms with van der Waals surface area (Å²) in [6.07, 6.45) is 1.24. The molecule has 5 nitrogen and oxygen atoms in total. The van der Waals surface area contributed by atoms with Crippen molar-refractivity contribution in [2.45, 2.75) is 12.3 Å². The van der Waals surface area contributed by atoms with Crippen molar-refractivity contribution in [2.24, 2.45) is 4.99 Å². The molecule has 0 bridgehead atoms. The Kier molecular flexibility index (Phi) is 8.23. The second-order valence-corrected chi connectivity index (χ2v) is 7.43. The predicted molar refractivity (Wildman–Crippen MR) is 98.9 cm³/mol. The smallest absolute Gasteiger partial charge is 0.195 e. The summed E-state index contributed by atoms with van der Waals surface area (Å²) < 4.78 is 22.4. The van der Waals surface area contributed by atoms with Crippen molar-refractivity contribution in [2.75, 3.05) is 34.4 Å². The van der Waals surface area contributed by atoms with Crippen LogP contribution in [-0.4, -0.2) is 58.6 Å². The van der Waals surface area contributed by atoms with Crippen molar-refractivity contribution in [1.82, 2.24) is 9.80 Å². The van der Waals surface area contributed by atoms with Crippen LogP contribution in [0, 0.1) is 0 Å². The van der Waals surface area contributed by atoms with Gasteiger partial charge in [0.05, 0.1) is 12.3 Å². The van der Waals surface area contributed by atoms with E-state index in [0.29, 0.717) is 6.54 Å². The number of guanidine groups is 1. The highest BCUT2D eigenvalue weighted by Crippen LogP contribution is 2.09. The predicted octanol–water partition coefficient (Wildman–Crippen LogP) is 1.83. The average molecular weight is 425 g/mol. The SMILES string of the molecule is CN(C)C(=NCc1ccc(CS(C)(=O)=O)cc1)N(C)C.I. The maximum Gasteiger partial charge on any atom is 0.195 e. The lowest BCUT2D eigenvalue weighted by molar-refractivity contribution is 0.479. The molecule has 7 heteroatoms. The molecule has 0 radical (unpaired) electrons. The molecule has 1 aromatic rings. The molecule has 0 unspecified atom stereocenters. The molecule has 0 saturated heterocycles. The molecule has 0 saturated carbocycles. The van der Waals surface area contributed by atoms with Gasteiger partial charge in [0.15, 0.2) is 15.8 Å². The van der Waals surface area contributed by atoms with E-state index in [2.05, 4.69) is 4.99 Å². The van der Waals surface area contributed by atoms with Crippen molar-refractivity contribution in [3.8, 4) is 0 Å². The number of sulfone groups is 1. The summed E-state index contributed by atoms with van der Waals surface area (Å²) in [5.41, 5.74) is 1.86. The van der Waals surface area contributed by atoms with Crippen LogP contribution in [-0.2, 0) is 22.1 Å². The van der Waals surface area contributed by atoms with Gasteiger partial charge in [0.1, 0.15) is 0 Å². The van der Waals surface area contributed by atoms with Gasteiger partial charge < -0.3 is 9.80 Å². The number of hydrogen-bond donors (Lipinski definition) is 0. The molecule has 0 spiro atoms. The third kappa shape index (κ3) is 7.66. The van der Waals surface area contributed by atoms with E-state index in [0.717, 1.165) is 17.1 Å². The largest absolute Gasteiger partial charge is 0.349 e. The van der Waals surface area contributed by atoms with Gasteiger partial charge in [-0.25, -0.2) is 13.4 Å². The van der Waals surface area contributed by atoms with Gasteiger partial charge in [0.25, 0.3) is 0 Å². The molecule has 1 rings (SSSR count). The molecule has 120 valence electrons. The third-order valence-corrected chi connectivity index (χ3v) is 3.51. The van der Waals surface area contributed by atoms with Crippen LogP contribution < -0.4 is 0 Å².